The summed E-state index contributed by atoms with van der Waals surface area (Å²) in [5.74, 6) is -0.494. The van der Waals surface area contributed by atoms with Crippen molar-refractivity contribution in [2.75, 3.05) is 6.61 Å². The lowest BCUT2D eigenvalue weighted by atomic mass is 10.1. The Morgan fingerprint density at radius 3 is 2.74 bits per heavy atom. The minimum atomic E-state index is -3.56. The smallest absolute Gasteiger partial charge is 0.333 e. The molecule has 108 valence electrons. The lowest BCUT2D eigenvalue weighted by molar-refractivity contribution is -0.143. The molecule has 7 heteroatoms. The molecule has 0 aromatic rings. The zero-order valence-corrected chi connectivity index (χ0v) is 11.8. The van der Waals surface area contributed by atoms with Crippen LogP contribution in [0.2, 0.25) is 0 Å². The van der Waals surface area contributed by atoms with Gasteiger partial charge >= 0.3 is 5.97 Å². The molecule has 0 aromatic heterocycles. The largest absolute Gasteiger partial charge is 0.460 e. The van der Waals surface area contributed by atoms with E-state index in [0.29, 0.717) is 18.4 Å². The Hall–Kier alpha value is -0.920. The number of carbonyl (C=O) groups excluding carboxylic acids is 1. The second-order valence-corrected chi connectivity index (χ2v) is 6.69. The highest BCUT2D eigenvalue weighted by molar-refractivity contribution is 7.87. The summed E-state index contributed by atoms with van der Waals surface area (Å²) < 4.78 is 39.2. The Morgan fingerprint density at radius 2 is 2.16 bits per heavy atom. The summed E-state index contributed by atoms with van der Waals surface area (Å²) >= 11 is 0. The maximum absolute atomic E-state index is 11.8. The molecule has 0 radical (unpaired) electrons. The molecule has 0 bridgehead atoms. The van der Waals surface area contributed by atoms with Crippen LogP contribution in [0.15, 0.2) is 12.2 Å². The van der Waals surface area contributed by atoms with E-state index >= 15 is 0 Å². The van der Waals surface area contributed by atoms with Crippen molar-refractivity contribution in [2.45, 2.75) is 50.3 Å². The third-order valence-electron chi connectivity index (χ3n) is 3.36. The van der Waals surface area contributed by atoms with Crippen LogP contribution in [0.5, 0.6) is 0 Å². The number of hydrogen-bond acceptors (Lipinski definition) is 6. The molecule has 2 saturated heterocycles. The van der Waals surface area contributed by atoms with Crippen molar-refractivity contribution < 1.29 is 26.9 Å². The molecule has 0 aromatic carbocycles. The van der Waals surface area contributed by atoms with Crippen molar-refractivity contribution in [3.8, 4) is 0 Å². The standard InChI is InChI=1S/C12H18O6S/c1-4-9-11-10(19(14,15)18-9)5-8(17-11)6-16-12(13)7(2)3/h8-11H,2,4-6H2,1,3H3. The highest BCUT2D eigenvalue weighted by atomic mass is 32.2. The average molecular weight is 290 g/mol. The Kier molecular flexibility index (Phi) is 3.98. The predicted molar refractivity (Wildman–Crippen MR) is 66.9 cm³/mol. The first-order valence-electron chi connectivity index (χ1n) is 6.25. The van der Waals surface area contributed by atoms with Crippen molar-refractivity contribution in [1.82, 2.24) is 0 Å². The summed E-state index contributed by atoms with van der Waals surface area (Å²) in [4.78, 5) is 11.3. The van der Waals surface area contributed by atoms with Crippen molar-refractivity contribution in [2.24, 2.45) is 0 Å². The first-order valence-corrected chi connectivity index (χ1v) is 7.72. The van der Waals surface area contributed by atoms with E-state index in [9.17, 15) is 13.2 Å². The lowest BCUT2D eigenvalue weighted by Gasteiger charge is -2.16. The van der Waals surface area contributed by atoms with E-state index in [1.54, 1.807) is 6.92 Å². The van der Waals surface area contributed by atoms with Gasteiger partial charge in [0.2, 0.25) is 0 Å². The molecule has 2 fully saturated rings. The highest BCUT2D eigenvalue weighted by Gasteiger charge is 2.54. The van der Waals surface area contributed by atoms with E-state index in [1.807, 2.05) is 6.92 Å². The molecule has 0 N–H and O–H groups in total. The van der Waals surface area contributed by atoms with E-state index in [4.69, 9.17) is 13.7 Å². The molecule has 4 atom stereocenters. The normalized spacial score (nSPS) is 35.9. The zero-order chi connectivity index (χ0) is 14.2. The minimum Gasteiger partial charge on any atom is -0.460 e. The summed E-state index contributed by atoms with van der Waals surface area (Å²) in [5, 5.41) is -0.647. The fourth-order valence-corrected chi connectivity index (χ4v) is 4.12. The maximum atomic E-state index is 11.8. The quantitative estimate of drug-likeness (QED) is 0.432. The summed E-state index contributed by atoms with van der Waals surface area (Å²) in [7, 11) is -3.56. The summed E-state index contributed by atoms with van der Waals surface area (Å²) in [6.45, 7) is 6.92. The molecule has 2 heterocycles. The van der Waals surface area contributed by atoms with Crippen molar-refractivity contribution in [1.29, 1.82) is 0 Å². The Bertz CT molecular complexity index is 482. The molecule has 0 aliphatic carbocycles. The topological polar surface area (TPSA) is 78.9 Å². The van der Waals surface area contributed by atoms with Gasteiger partial charge in [0.05, 0.1) is 6.10 Å². The van der Waals surface area contributed by atoms with Gasteiger partial charge in [-0.1, -0.05) is 13.5 Å². The van der Waals surface area contributed by atoms with Gasteiger partial charge in [-0.15, -0.1) is 0 Å². The van der Waals surface area contributed by atoms with Crippen LogP contribution in [0.1, 0.15) is 26.7 Å². The van der Waals surface area contributed by atoms with Crippen LogP contribution in [0.3, 0.4) is 0 Å². The van der Waals surface area contributed by atoms with E-state index in [-0.39, 0.29) is 6.61 Å². The van der Waals surface area contributed by atoms with Gasteiger partial charge in [0.1, 0.15) is 24.1 Å². The molecule has 2 rings (SSSR count). The van der Waals surface area contributed by atoms with Crippen LogP contribution in [-0.2, 0) is 28.6 Å². The first-order chi connectivity index (χ1) is 8.85. The zero-order valence-electron chi connectivity index (χ0n) is 11.0. The molecule has 2 aliphatic rings. The molecule has 4 unspecified atom stereocenters. The molecule has 0 spiro atoms. The SMILES string of the molecule is C=C(C)C(=O)OCC1CC2C(O1)C(CC)OS2(=O)=O. The number of rotatable bonds is 4. The average Bonchev–Trinajstić information content (AvgIpc) is 2.85. The monoisotopic (exact) mass is 290 g/mol. The van der Waals surface area contributed by atoms with Crippen LogP contribution in [-0.4, -0.2) is 44.6 Å². The van der Waals surface area contributed by atoms with Gasteiger partial charge < -0.3 is 9.47 Å². The molecule has 19 heavy (non-hydrogen) atoms. The van der Waals surface area contributed by atoms with E-state index in [2.05, 4.69) is 6.58 Å². The van der Waals surface area contributed by atoms with Gasteiger partial charge in [-0.2, -0.15) is 8.42 Å². The van der Waals surface area contributed by atoms with Crippen LogP contribution in [0.4, 0.5) is 0 Å². The summed E-state index contributed by atoms with van der Waals surface area (Å²) in [5.41, 5.74) is 0.306. The number of hydrogen-bond donors (Lipinski definition) is 0. The van der Waals surface area contributed by atoms with Gasteiger partial charge in [0.15, 0.2) is 0 Å². The molecular formula is C12H18O6S. The Balaban J connectivity index is 1.96. The number of fused-ring (bicyclic) bond motifs is 1. The van der Waals surface area contributed by atoms with Crippen LogP contribution in [0, 0.1) is 0 Å². The van der Waals surface area contributed by atoms with Gasteiger partial charge in [-0.05, 0) is 19.8 Å². The minimum absolute atomic E-state index is 0.0463. The van der Waals surface area contributed by atoms with Crippen molar-refractivity contribution >= 4 is 16.1 Å². The van der Waals surface area contributed by atoms with Gasteiger partial charge in [0.25, 0.3) is 10.1 Å². The second-order valence-electron chi connectivity index (χ2n) is 4.91. The lowest BCUT2D eigenvalue weighted by Crippen LogP contribution is -2.28. The van der Waals surface area contributed by atoms with Crippen LogP contribution in [0.25, 0.3) is 0 Å². The fourth-order valence-electron chi connectivity index (χ4n) is 2.37. The second kappa shape index (κ2) is 5.22. The Morgan fingerprint density at radius 1 is 1.47 bits per heavy atom. The van der Waals surface area contributed by atoms with Gasteiger partial charge in [-0.3, -0.25) is 4.18 Å². The summed E-state index contributed by atoms with van der Waals surface area (Å²) in [6.07, 6.45) is -0.419. The highest BCUT2D eigenvalue weighted by Crippen LogP contribution is 2.38. The number of esters is 1. The Labute approximate surface area is 112 Å². The third kappa shape index (κ3) is 2.82. The molecule has 0 saturated carbocycles. The van der Waals surface area contributed by atoms with E-state index < -0.39 is 39.6 Å². The van der Waals surface area contributed by atoms with Crippen molar-refractivity contribution in [3.05, 3.63) is 12.2 Å². The fraction of sp³-hybridized carbons (Fsp3) is 0.750. The van der Waals surface area contributed by atoms with Crippen molar-refractivity contribution in [3.63, 3.8) is 0 Å². The predicted octanol–water partition coefficient (Wildman–Crippen LogP) is 0.770. The van der Waals surface area contributed by atoms with E-state index in [1.165, 1.54) is 0 Å². The van der Waals surface area contributed by atoms with Gasteiger partial charge in [0, 0.05) is 5.57 Å². The van der Waals surface area contributed by atoms with Gasteiger partial charge in [-0.25, -0.2) is 4.79 Å². The van der Waals surface area contributed by atoms with Crippen LogP contribution >= 0.6 is 0 Å². The molecule has 2 aliphatic heterocycles. The first kappa shape index (κ1) is 14.5. The summed E-state index contributed by atoms with van der Waals surface area (Å²) in [6, 6.07) is 0. The third-order valence-corrected chi connectivity index (χ3v) is 5.08. The number of ether oxygens (including phenoxy) is 2. The molecular weight excluding hydrogens is 272 g/mol. The molecule has 6 nitrogen and oxygen atoms in total. The maximum Gasteiger partial charge on any atom is 0.333 e. The van der Waals surface area contributed by atoms with Crippen LogP contribution < -0.4 is 0 Å². The van der Waals surface area contributed by atoms with E-state index in [0.717, 1.165) is 0 Å². The molecule has 0 amide bonds. The number of carbonyl (C=O) groups is 1.